The van der Waals surface area contributed by atoms with Gasteiger partial charge in [0, 0.05) is 30.5 Å². The lowest BCUT2D eigenvalue weighted by atomic mass is 10.2. The molecule has 0 saturated carbocycles. The number of para-hydroxylation sites is 1. The van der Waals surface area contributed by atoms with Gasteiger partial charge in [0.1, 0.15) is 5.75 Å². The molecule has 6 nitrogen and oxygen atoms in total. The number of benzene rings is 2. The van der Waals surface area contributed by atoms with Crippen molar-refractivity contribution in [3.63, 3.8) is 0 Å². The van der Waals surface area contributed by atoms with Gasteiger partial charge in [0.15, 0.2) is 0 Å². The monoisotopic (exact) mass is 420 g/mol. The minimum Gasteiger partial charge on any atom is -0.494 e. The molecule has 0 radical (unpaired) electrons. The van der Waals surface area contributed by atoms with Crippen molar-refractivity contribution in [2.75, 3.05) is 23.8 Å². The molecule has 150 valence electrons. The summed E-state index contributed by atoms with van der Waals surface area (Å²) in [6, 6.07) is 12.3. The molecular formula is C20H24N2O4S2. The Balaban J connectivity index is 1.86. The fourth-order valence-electron chi connectivity index (χ4n) is 3.05. The fourth-order valence-corrected chi connectivity index (χ4v) is 5.05. The molecule has 0 spiro atoms. The molecule has 0 atom stereocenters. The molecule has 28 heavy (non-hydrogen) atoms. The second-order valence-corrected chi connectivity index (χ2v) is 9.27. The van der Waals surface area contributed by atoms with Gasteiger partial charge in [-0.15, -0.1) is 11.8 Å². The quantitative estimate of drug-likeness (QED) is 0.775. The van der Waals surface area contributed by atoms with Gasteiger partial charge < -0.3 is 9.64 Å². The molecule has 1 amide bonds. The maximum absolute atomic E-state index is 12.9. The number of nitrogens with one attached hydrogen (secondary N) is 1. The van der Waals surface area contributed by atoms with E-state index >= 15 is 0 Å². The van der Waals surface area contributed by atoms with Crippen LogP contribution in [0.15, 0.2) is 52.3 Å². The number of sulfonamides is 1. The number of anilines is 1. The number of fused-ring (bicyclic) bond motifs is 1. The van der Waals surface area contributed by atoms with Gasteiger partial charge in [0.25, 0.3) is 0 Å². The van der Waals surface area contributed by atoms with Gasteiger partial charge in [0.05, 0.1) is 17.2 Å². The molecule has 2 aromatic carbocycles. The van der Waals surface area contributed by atoms with Crippen molar-refractivity contribution in [3.05, 3.63) is 48.0 Å². The number of nitrogens with zero attached hydrogens (tertiary/aromatic N) is 1. The summed E-state index contributed by atoms with van der Waals surface area (Å²) in [6.45, 7) is 4.61. The van der Waals surface area contributed by atoms with Crippen LogP contribution in [0.1, 0.15) is 25.8 Å². The zero-order valence-electron chi connectivity index (χ0n) is 16.0. The molecule has 0 aliphatic carbocycles. The third-order valence-electron chi connectivity index (χ3n) is 4.42. The van der Waals surface area contributed by atoms with E-state index in [-0.39, 0.29) is 17.3 Å². The summed E-state index contributed by atoms with van der Waals surface area (Å²) in [5, 5.41) is 0. The minimum atomic E-state index is -3.74. The number of rotatable bonds is 6. The predicted molar refractivity (Wildman–Crippen MR) is 111 cm³/mol. The van der Waals surface area contributed by atoms with E-state index in [1.807, 2.05) is 31.2 Å². The van der Waals surface area contributed by atoms with Crippen LogP contribution in [0.3, 0.4) is 0 Å². The number of hydrogen-bond acceptors (Lipinski definition) is 5. The zero-order chi connectivity index (χ0) is 20.1. The van der Waals surface area contributed by atoms with Crippen LogP contribution in [0.4, 0.5) is 5.69 Å². The Kier molecular flexibility index (Phi) is 6.64. The molecule has 1 heterocycles. The minimum absolute atomic E-state index is 0.0862. The third kappa shape index (κ3) is 4.68. The Bertz CT molecular complexity index is 960. The molecule has 1 N–H and O–H groups in total. The standard InChI is InChI=1S/C20H24N2O4S2/c1-3-26-19-8-5-4-7-16(19)14-21-28(24,25)17-9-10-20-18(13-17)22(15(2)23)11-6-12-27-20/h4-5,7-10,13,21H,3,6,11-12,14H2,1-2H3. The van der Waals surface area contributed by atoms with Crippen LogP contribution < -0.4 is 14.4 Å². The van der Waals surface area contributed by atoms with E-state index in [0.717, 1.165) is 22.6 Å². The highest BCUT2D eigenvalue weighted by molar-refractivity contribution is 7.99. The molecule has 3 rings (SSSR count). The van der Waals surface area contributed by atoms with Gasteiger partial charge >= 0.3 is 0 Å². The van der Waals surface area contributed by atoms with Crippen molar-refractivity contribution in [1.29, 1.82) is 0 Å². The maximum Gasteiger partial charge on any atom is 0.240 e. The first-order valence-electron chi connectivity index (χ1n) is 9.17. The van der Waals surface area contributed by atoms with Crippen molar-refractivity contribution in [2.24, 2.45) is 0 Å². The second kappa shape index (κ2) is 8.98. The summed E-state index contributed by atoms with van der Waals surface area (Å²) in [5.41, 5.74) is 1.43. The highest BCUT2D eigenvalue weighted by Gasteiger charge is 2.23. The number of ether oxygens (including phenoxy) is 1. The molecule has 0 bridgehead atoms. The lowest BCUT2D eigenvalue weighted by Gasteiger charge is -2.21. The lowest BCUT2D eigenvalue weighted by Crippen LogP contribution is -2.30. The largest absolute Gasteiger partial charge is 0.494 e. The van der Waals surface area contributed by atoms with E-state index in [2.05, 4.69) is 4.72 Å². The van der Waals surface area contributed by atoms with Crippen LogP contribution >= 0.6 is 11.8 Å². The van der Waals surface area contributed by atoms with Gasteiger partial charge in [-0.1, -0.05) is 18.2 Å². The second-order valence-electron chi connectivity index (χ2n) is 6.37. The first-order chi connectivity index (χ1) is 13.4. The first kappa shape index (κ1) is 20.7. The van der Waals surface area contributed by atoms with Crippen molar-refractivity contribution in [2.45, 2.75) is 36.6 Å². The SMILES string of the molecule is CCOc1ccccc1CNS(=O)(=O)c1ccc2c(c1)N(C(C)=O)CCCS2. The summed E-state index contributed by atoms with van der Waals surface area (Å²) in [6.07, 6.45) is 0.869. The molecular weight excluding hydrogens is 396 g/mol. The molecule has 1 aliphatic heterocycles. The zero-order valence-corrected chi connectivity index (χ0v) is 17.6. The van der Waals surface area contributed by atoms with E-state index in [0.29, 0.717) is 24.6 Å². The van der Waals surface area contributed by atoms with Gasteiger partial charge in [-0.25, -0.2) is 13.1 Å². The van der Waals surface area contributed by atoms with Crippen LogP contribution in [0.25, 0.3) is 0 Å². The number of thioether (sulfide) groups is 1. The summed E-state index contributed by atoms with van der Waals surface area (Å²) in [4.78, 5) is 14.7. The summed E-state index contributed by atoms with van der Waals surface area (Å²) >= 11 is 1.64. The van der Waals surface area contributed by atoms with Crippen molar-refractivity contribution in [3.8, 4) is 5.75 Å². The highest BCUT2D eigenvalue weighted by atomic mass is 32.2. The van der Waals surface area contributed by atoms with Crippen LogP contribution in [0, 0.1) is 0 Å². The number of amides is 1. The molecule has 1 aliphatic rings. The van der Waals surface area contributed by atoms with Gasteiger partial charge in [-0.2, -0.15) is 0 Å². The maximum atomic E-state index is 12.9. The van der Waals surface area contributed by atoms with Gasteiger partial charge in [0.2, 0.25) is 15.9 Å². The molecule has 8 heteroatoms. The van der Waals surface area contributed by atoms with Crippen LogP contribution in [0.2, 0.25) is 0 Å². The molecule has 2 aromatic rings. The van der Waals surface area contributed by atoms with E-state index in [1.54, 1.807) is 34.9 Å². The predicted octanol–water partition coefficient (Wildman–Crippen LogP) is 3.41. The average Bonchev–Trinajstić information content (AvgIpc) is 2.89. The smallest absolute Gasteiger partial charge is 0.240 e. The number of carbonyl (C=O) groups excluding carboxylic acids is 1. The van der Waals surface area contributed by atoms with Crippen LogP contribution in [-0.4, -0.2) is 33.2 Å². The molecule has 0 aromatic heterocycles. The average molecular weight is 421 g/mol. The van der Waals surface area contributed by atoms with Gasteiger partial charge in [-0.05, 0) is 43.4 Å². The number of hydrogen-bond donors (Lipinski definition) is 1. The molecule has 0 unspecified atom stereocenters. The van der Waals surface area contributed by atoms with E-state index in [4.69, 9.17) is 4.74 Å². The Morgan fingerprint density at radius 3 is 2.79 bits per heavy atom. The lowest BCUT2D eigenvalue weighted by molar-refractivity contribution is -0.116. The van der Waals surface area contributed by atoms with Crippen molar-refractivity contribution in [1.82, 2.24) is 4.72 Å². The van der Waals surface area contributed by atoms with Gasteiger partial charge in [-0.3, -0.25) is 4.79 Å². The van der Waals surface area contributed by atoms with Crippen molar-refractivity contribution >= 4 is 33.4 Å². The first-order valence-corrected chi connectivity index (χ1v) is 11.6. The van der Waals surface area contributed by atoms with Crippen LogP contribution in [-0.2, 0) is 21.4 Å². The number of carbonyl (C=O) groups is 1. The Morgan fingerprint density at radius 1 is 1.25 bits per heavy atom. The fraction of sp³-hybridized carbons (Fsp3) is 0.350. The Labute approximate surface area is 170 Å². The summed E-state index contributed by atoms with van der Waals surface area (Å²) in [5.74, 6) is 1.47. The third-order valence-corrected chi connectivity index (χ3v) is 6.97. The topological polar surface area (TPSA) is 75.7 Å². The van der Waals surface area contributed by atoms with E-state index in [9.17, 15) is 13.2 Å². The van der Waals surface area contributed by atoms with Crippen molar-refractivity contribution < 1.29 is 17.9 Å². The normalized spacial score (nSPS) is 14.3. The van der Waals surface area contributed by atoms with E-state index in [1.165, 1.54) is 6.92 Å². The van der Waals surface area contributed by atoms with E-state index < -0.39 is 10.0 Å². The highest BCUT2D eigenvalue weighted by Crippen LogP contribution is 2.35. The Morgan fingerprint density at radius 2 is 2.04 bits per heavy atom. The molecule has 0 fully saturated rings. The Hall–Kier alpha value is -2.03. The molecule has 0 saturated heterocycles. The summed E-state index contributed by atoms with van der Waals surface area (Å²) in [7, 11) is -3.74. The van der Waals surface area contributed by atoms with Crippen LogP contribution in [0.5, 0.6) is 5.75 Å². The summed E-state index contributed by atoms with van der Waals surface area (Å²) < 4.78 is 33.9.